The summed E-state index contributed by atoms with van der Waals surface area (Å²) in [7, 11) is 0. The third kappa shape index (κ3) is 3.56. The molecule has 1 amide bonds. The number of amides is 1. The van der Waals surface area contributed by atoms with E-state index in [4.69, 9.17) is 16.6 Å². The van der Waals surface area contributed by atoms with Gasteiger partial charge in [0.05, 0.1) is 16.8 Å². The molecular weight excluding hydrogens is 428 g/mol. The summed E-state index contributed by atoms with van der Waals surface area (Å²) in [4.78, 5) is 18.8. The minimum Gasteiger partial charge on any atom is -0.349 e. The van der Waals surface area contributed by atoms with Crippen molar-refractivity contribution in [1.29, 1.82) is 0 Å². The van der Waals surface area contributed by atoms with Crippen molar-refractivity contribution in [1.82, 2.24) is 10.3 Å². The predicted molar refractivity (Wildman–Crippen MR) is 134 cm³/mol. The highest BCUT2D eigenvalue weighted by molar-refractivity contribution is 6.30. The fraction of sp³-hybridized carbons (Fsp3) is 0.448. The number of carbonyl (C=O) groups excluding carboxylic acids is 1. The van der Waals surface area contributed by atoms with Gasteiger partial charge in [0.25, 0.3) is 5.91 Å². The first kappa shape index (κ1) is 21.2. The lowest BCUT2D eigenvalue weighted by molar-refractivity contribution is -0.0687. The second-order valence-electron chi connectivity index (χ2n) is 11.0. The molecule has 4 heteroatoms. The second-order valence-corrected chi connectivity index (χ2v) is 11.4. The van der Waals surface area contributed by atoms with Crippen molar-refractivity contribution in [2.24, 2.45) is 23.2 Å². The lowest BCUT2D eigenvalue weighted by atomic mass is 9.48. The monoisotopic (exact) mass is 458 g/mol. The number of benzene rings is 2. The number of carbonyl (C=O) groups is 1. The van der Waals surface area contributed by atoms with Crippen LogP contribution in [0.2, 0.25) is 5.02 Å². The molecule has 33 heavy (non-hydrogen) atoms. The summed E-state index contributed by atoms with van der Waals surface area (Å²) in [5.41, 5.74) is 4.62. The van der Waals surface area contributed by atoms with Gasteiger partial charge in [0, 0.05) is 22.0 Å². The molecule has 170 valence electrons. The molecule has 1 aromatic heterocycles. The number of hydrogen-bond acceptors (Lipinski definition) is 2. The van der Waals surface area contributed by atoms with Crippen LogP contribution in [-0.4, -0.2) is 16.9 Å². The van der Waals surface area contributed by atoms with E-state index in [1.54, 1.807) is 0 Å². The minimum atomic E-state index is 0.0320. The van der Waals surface area contributed by atoms with Crippen molar-refractivity contribution in [3.05, 3.63) is 64.7 Å². The van der Waals surface area contributed by atoms with E-state index in [0.29, 0.717) is 5.02 Å². The molecule has 0 spiro atoms. The summed E-state index contributed by atoms with van der Waals surface area (Å²) in [5, 5.41) is 5.10. The highest BCUT2D eigenvalue weighted by Gasteiger charge is 2.53. The van der Waals surface area contributed by atoms with Gasteiger partial charge in [-0.1, -0.05) is 41.9 Å². The number of nitrogens with one attached hydrogen (secondary N) is 1. The first-order valence-corrected chi connectivity index (χ1v) is 12.8. The molecule has 0 saturated heterocycles. The maximum Gasteiger partial charge on any atom is 0.252 e. The average molecular weight is 459 g/mol. The van der Waals surface area contributed by atoms with Crippen molar-refractivity contribution >= 4 is 28.4 Å². The van der Waals surface area contributed by atoms with Crippen molar-refractivity contribution in [3.63, 3.8) is 0 Å². The molecule has 4 aliphatic carbocycles. The second kappa shape index (κ2) is 7.84. The molecule has 3 aromatic rings. The van der Waals surface area contributed by atoms with Crippen LogP contribution in [-0.2, 0) is 0 Å². The Labute approximate surface area is 200 Å². The van der Waals surface area contributed by atoms with E-state index < -0.39 is 0 Å². The molecule has 1 unspecified atom stereocenters. The fourth-order valence-corrected chi connectivity index (χ4v) is 7.74. The van der Waals surface area contributed by atoms with Crippen LogP contribution in [0, 0.1) is 30.1 Å². The zero-order chi connectivity index (χ0) is 22.7. The van der Waals surface area contributed by atoms with Crippen LogP contribution in [0.15, 0.2) is 48.5 Å². The van der Waals surface area contributed by atoms with E-state index in [9.17, 15) is 4.79 Å². The molecule has 4 aliphatic rings. The third-order valence-corrected chi connectivity index (χ3v) is 9.08. The molecule has 3 nitrogen and oxygen atoms in total. The molecule has 4 fully saturated rings. The Morgan fingerprint density at radius 1 is 1.00 bits per heavy atom. The maximum atomic E-state index is 13.9. The Morgan fingerprint density at radius 2 is 1.61 bits per heavy atom. The SMILES string of the molecule is Cc1c(-c2ccc(Cl)cc2)nc2ccccc2c1C(=O)NC(C)C12CC3CC(CC(C3)C1)C2. The Bertz CT molecular complexity index is 1200. The Morgan fingerprint density at radius 3 is 2.24 bits per heavy atom. The van der Waals surface area contributed by atoms with Gasteiger partial charge >= 0.3 is 0 Å². The number of fused-ring (bicyclic) bond motifs is 1. The number of rotatable bonds is 4. The quantitative estimate of drug-likeness (QED) is 0.449. The summed E-state index contributed by atoms with van der Waals surface area (Å²) >= 11 is 6.12. The molecule has 4 bridgehead atoms. The van der Waals surface area contributed by atoms with Crippen molar-refractivity contribution in [2.45, 2.75) is 58.4 Å². The summed E-state index contributed by atoms with van der Waals surface area (Å²) < 4.78 is 0. The smallest absolute Gasteiger partial charge is 0.252 e. The molecule has 1 atom stereocenters. The normalized spacial score (nSPS) is 28.8. The van der Waals surface area contributed by atoms with Crippen LogP contribution in [0.5, 0.6) is 0 Å². The summed E-state index contributed by atoms with van der Waals surface area (Å²) in [6.07, 6.45) is 8.10. The minimum absolute atomic E-state index is 0.0320. The lowest BCUT2D eigenvalue weighted by Crippen LogP contribution is -2.55. The van der Waals surface area contributed by atoms with E-state index in [2.05, 4.69) is 12.2 Å². The highest BCUT2D eigenvalue weighted by atomic mass is 35.5. The Balaban J connectivity index is 1.37. The van der Waals surface area contributed by atoms with Crippen LogP contribution >= 0.6 is 11.6 Å². The van der Waals surface area contributed by atoms with Gasteiger partial charge in [0.15, 0.2) is 0 Å². The summed E-state index contributed by atoms with van der Waals surface area (Å²) in [5.74, 6) is 2.64. The topological polar surface area (TPSA) is 42.0 Å². The zero-order valence-corrected chi connectivity index (χ0v) is 20.2. The van der Waals surface area contributed by atoms with Gasteiger partial charge in [0.1, 0.15) is 0 Å². The van der Waals surface area contributed by atoms with Crippen molar-refractivity contribution < 1.29 is 4.79 Å². The number of pyridine rings is 1. The number of halogens is 1. The van der Waals surface area contributed by atoms with Crippen LogP contribution in [0.3, 0.4) is 0 Å². The van der Waals surface area contributed by atoms with E-state index >= 15 is 0 Å². The van der Waals surface area contributed by atoms with E-state index in [-0.39, 0.29) is 17.4 Å². The predicted octanol–water partition coefficient (Wildman–Crippen LogP) is 7.20. The van der Waals surface area contributed by atoms with Crippen LogP contribution in [0.4, 0.5) is 0 Å². The van der Waals surface area contributed by atoms with Crippen molar-refractivity contribution in [2.75, 3.05) is 0 Å². The average Bonchev–Trinajstić information content (AvgIpc) is 2.78. The molecule has 0 radical (unpaired) electrons. The third-order valence-electron chi connectivity index (χ3n) is 8.83. The molecular formula is C29H31ClN2O. The van der Waals surface area contributed by atoms with E-state index in [1.165, 1.54) is 38.5 Å². The first-order valence-electron chi connectivity index (χ1n) is 12.4. The fourth-order valence-electron chi connectivity index (χ4n) is 7.62. The van der Waals surface area contributed by atoms with Crippen LogP contribution in [0.25, 0.3) is 22.2 Å². The standard InChI is InChI=1S/C29H31ClN2O/c1-17-26(24-5-3-4-6-25(24)32-27(17)22-7-9-23(30)10-8-22)28(33)31-18(2)29-14-19-11-20(15-29)13-21(12-19)16-29/h3-10,18-21H,11-16H2,1-2H3,(H,31,33). The number of hydrogen-bond donors (Lipinski definition) is 1. The number of para-hydroxylation sites is 1. The Kier molecular flexibility index (Phi) is 5.03. The molecule has 7 rings (SSSR count). The number of aromatic nitrogens is 1. The van der Waals surface area contributed by atoms with E-state index in [0.717, 1.165) is 51.0 Å². The highest BCUT2D eigenvalue weighted by Crippen LogP contribution is 2.61. The van der Waals surface area contributed by atoms with Gasteiger partial charge in [-0.15, -0.1) is 0 Å². The van der Waals surface area contributed by atoms with Gasteiger partial charge in [-0.2, -0.15) is 0 Å². The molecule has 4 saturated carbocycles. The molecule has 2 aromatic carbocycles. The summed E-state index contributed by atoms with van der Waals surface area (Å²) in [6.45, 7) is 4.28. The largest absolute Gasteiger partial charge is 0.349 e. The van der Waals surface area contributed by atoms with Gasteiger partial charge in [-0.05, 0) is 99.3 Å². The molecule has 1 heterocycles. The summed E-state index contributed by atoms with van der Waals surface area (Å²) in [6, 6.07) is 15.9. The molecule has 0 aliphatic heterocycles. The van der Waals surface area contributed by atoms with Gasteiger partial charge in [0.2, 0.25) is 0 Å². The lowest BCUT2D eigenvalue weighted by Gasteiger charge is -2.59. The number of nitrogens with zero attached hydrogens (tertiary/aromatic N) is 1. The zero-order valence-electron chi connectivity index (χ0n) is 19.4. The van der Waals surface area contributed by atoms with Gasteiger partial charge in [-0.25, -0.2) is 4.98 Å². The van der Waals surface area contributed by atoms with Crippen molar-refractivity contribution in [3.8, 4) is 11.3 Å². The van der Waals surface area contributed by atoms with E-state index in [1.807, 2.05) is 55.5 Å². The van der Waals surface area contributed by atoms with Crippen LogP contribution < -0.4 is 5.32 Å². The molecule has 1 N–H and O–H groups in total. The maximum absolute atomic E-state index is 13.9. The van der Waals surface area contributed by atoms with Crippen LogP contribution in [0.1, 0.15) is 61.4 Å². The van der Waals surface area contributed by atoms with Gasteiger partial charge < -0.3 is 5.32 Å². The first-order chi connectivity index (χ1) is 15.9. The van der Waals surface area contributed by atoms with Gasteiger partial charge in [-0.3, -0.25) is 4.79 Å². The Hall–Kier alpha value is -2.39.